The van der Waals surface area contributed by atoms with E-state index in [1.807, 2.05) is 0 Å². The number of aromatic nitrogens is 2. The quantitative estimate of drug-likeness (QED) is 0.643. The van der Waals surface area contributed by atoms with Crippen molar-refractivity contribution in [1.82, 2.24) is 9.78 Å². The molecule has 0 atom stereocenters. The van der Waals surface area contributed by atoms with E-state index >= 15 is 0 Å². The first-order chi connectivity index (χ1) is 14.7. The van der Waals surface area contributed by atoms with Gasteiger partial charge in [0.1, 0.15) is 18.0 Å². The third-order valence-electron chi connectivity index (χ3n) is 4.34. The summed E-state index contributed by atoms with van der Waals surface area (Å²) in [7, 11) is 2.76. The van der Waals surface area contributed by atoms with Gasteiger partial charge in [0, 0.05) is 11.6 Å². The molecule has 1 aromatic heterocycles. The lowest BCUT2D eigenvalue weighted by Gasteiger charge is -2.14. The Morgan fingerprint density at radius 1 is 1.03 bits per heavy atom. The number of amides is 1. The number of halogens is 3. The molecule has 0 spiro atoms. The van der Waals surface area contributed by atoms with E-state index in [1.54, 1.807) is 24.3 Å². The molecule has 0 saturated heterocycles. The standard InChI is InChI=1S/C21H18F3N3O4/c1-30-17-6-4-3-5-14(17)15-8-10-20(29)27(26-15)12-19(28)25-16-11-13(21(22,23)24)7-9-18(16)31-2/h3-11H,12H2,1-2H3,(H,25,28). The zero-order chi connectivity index (χ0) is 22.6. The molecular formula is C21H18F3N3O4. The zero-order valence-corrected chi connectivity index (χ0v) is 16.6. The van der Waals surface area contributed by atoms with E-state index in [9.17, 15) is 22.8 Å². The molecular weight excluding hydrogens is 415 g/mol. The van der Waals surface area contributed by atoms with Crippen LogP contribution in [0.25, 0.3) is 11.3 Å². The predicted molar refractivity (Wildman–Crippen MR) is 107 cm³/mol. The molecule has 0 fully saturated rings. The number of rotatable bonds is 6. The summed E-state index contributed by atoms with van der Waals surface area (Å²) in [5.41, 5.74) is -0.668. The van der Waals surface area contributed by atoms with Gasteiger partial charge in [0.15, 0.2) is 0 Å². The van der Waals surface area contributed by atoms with Gasteiger partial charge in [-0.25, -0.2) is 4.68 Å². The van der Waals surface area contributed by atoms with Crippen molar-refractivity contribution in [3.63, 3.8) is 0 Å². The van der Waals surface area contributed by atoms with Gasteiger partial charge in [-0.1, -0.05) is 12.1 Å². The Kier molecular flexibility index (Phi) is 6.28. The molecule has 0 aliphatic carbocycles. The minimum Gasteiger partial charge on any atom is -0.496 e. The molecule has 3 aromatic rings. The number of methoxy groups -OCH3 is 2. The minimum absolute atomic E-state index is 0.0458. The molecule has 0 saturated carbocycles. The van der Waals surface area contributed by atoms with Crippen molar-refractivity contribution in [2.75, 3.05) is 19.5 Å². The molecule has 1 N–H and O–H groups in total. The topological polar surface area (TPSA) is 82.4 Å². The number of nitrogens with one attached hydrogen (secondary N) is 1. The molecule has 10 heteroatoms. The smallest absolute Gasteiger partial charge is 0.416 e. The van der Waals surface area contributed by atoms with E-state index < -0.39 is 29.8 Å². The second-order valence-electron chi connectivity index (χ2n) is 6.38. The molecule has 3 rings (SSSR count). The highest BCUT2D eigenvalue weighted by atomic mass is 19.4. The highest BCUT2D eigenvalue weighted by Gasteiger charge is 2.31. The van der Waals surface area contributed by atoms with E-state index in [1.165, 1.54) is 26.4 Å². The van der Waals surface area contributed by atoms with Crippen LogP contribution in [0.5, 0.6) is 11.5 Å². The average Bonchev–Trinajstić information content (AvgIpc) is 2.74. The number of para-hydroxylation sites is 1. The van der Waals surface area contributed by atoms with E-state index in [0.29, 0.717) is 17.0 Å². The fourth-order valence-electron chi connectivity index (χ4n) is 2.87. The van der Waals surface area contributed by atoms with Gasteiger partial charge in [-0.2, -0.15) is 18.3 Å². The van der Waals surface area contributed by atoms with Crippen LogP contribution >= 0.6 is 0 Å². The van der Waals surface area contributed by atoms with Gasteiger partial charge in [0.05, 0.1) is 31.2 Å². The molecule has 0 aliphatic heterocycles. The Morgan fingerprint density at radius 2 is 1.74 bits per heavy atom. The summed E-state index contributed by atoms with van der Waals surface area (Å²) in [6.07, 6.45) is -4.59. The van der Waals surface area contributed by atoms with Gasteiger partial charge in [0.2, 0.25) is 5.91 Å². The fraction of sp³-hybridized carbons (Fsp3) is 0.190. The number of hydrogen-bond acceptors (Lipinski definition) is 5. The van der Waals surface area contributed by atoms with Crippen molar-refractivity contribution in [3.05, 3.63) is 70.5 Å². The van der Waals surface area contributed by atoms with Crippen molar-refractivity contribution in [2.45, 2.75) is 12.7 Å². The molecule has 1 amide bonds. The molecule has 162 valence electrons. The number of hydrogen-bond donors (Lipinski definition) is 1. The van der Waals surface area contributed by atoms with Crippen LogP contribution in [0.3, 0.4) is 0 Å². The maximum Gasteiger partial charge on any atom is 0.416 e. The fourth-order valence-corrected chi connectivity index (χ4v) is 2.87. The van der Waals surface area contributed by atoms with Crippen molar-refractivity contribution >= 4 is 11.6 Å². The summed E-state index contributed by atoms with van der Waals surface area (Å²) >= 11 is 0. The molecule has 0 aliphatic rings. The van der Waals surface area contributed by atoms with Gasteiger partial charge in [0.25, 0.3) is 5.56 Å². The monoisotopic (exact) mass is 433 g/mol. The highest BCUT2D eigenvalue weighted by Crippen LogP contribution is 2.35. The van der Waals surface area contributed by atoms with Gasteiger partial charge in [-0.3, -0.25) is 9.59 Å². The molecule has 0 radical (unpaired) electrons. The number of carbonyl (C=O) groups excluding carboxylic acids is 1. The maximum absolute atomic E-state index is 13.0. The normalized spacial score (nSPS) is 11.1. The molecule has 7 nitrogen and oxygen atoms in total. The van der Waals surface area contributed by atoms with Crippen LogP contribution < -0.4 is 20.3 Å². The number of carbonyl (C=O) groups is 1. The Bertz CT molecular complexity index is 1160. The Hall–Kier alpha value is -3.82. The van der Waals surface area contributed by atoms with Crippen LogP contribution in [-0.2, 0) is 17.5 Å². The minimum atomic E-state index is -4.59. The summed E-state index contributed by atoms with van der Waals surface area (Å²) in [6, 6.07) is 12.4. The van der Waals surface area contributed by atoms with Crippen molar-refractivity contribution < 1.29 is 27.4 Å². The van der Waals surface area contributed by atoms with Crippen molar-refractivity contribution in [2.24, 2.45) is 0 Å². The predicted octanol–water partition coefficient (Wildman–Crippen LogP) is 3.59. The lowest BCUT2D eigenvalue weighted by Crippen LogP contribution is -2.29. The van der Waals surface area contributed by atoms with Gasteiger partial charge in [-0.05, 0) is 36.4 Å². The maximum atomic E-state index is 13.0. The summed E-state index contributed by atoms with van der Waals surface area (Å²) in [5.74, 6) is -0.174. The first kappa shape index (κ1) is 21.9. The third kappa shape index (κ3) is 5.03. The Labute approximate surface area is 175 Å². The lowest BCUT2D eigenvalue weighted by molar-refractivity contribution is -0.137. The number of alkyl halides is 3. The molecule has 31 heavy (non-hydrogen) atoms. The summed E-state index contributed by atoms with van der Waals surface area (Å²) in [4.78, 5) is 24.6. The molecule has 2 aromatic carbocycles. The van der Waals surface area contributed by atoms with Crippen molar-refractivity contribution in [1.29, 1.82) is 0 Å². The van der Waals surface area contributed by atoms with E-state index in [0.717, 1.165) is 22.9 Å². The number of benzene rings is 2. The average molecular weight is 433 g/mol. The van der Waals surface area contributed by atoms with Gasteiger partial charge in [-0.15, -0.1) is 0 Å². The summed E-state index contributed by atoms with van der Waals surface area (Å²) < 4.78 is 50.2. The van der Waals surface area contributed by atoms with Crippen LogP contribution in [0.2, 0.25) is 0 Å². The van der Waals surface area contributed by atoms with Crippen LogP contribution in [0.15, 0.2) is 59.4 Å². The number of ether oxygens (including phenoxy) is 2. The largest absolute Gasteiger partial charge is 0.496 e. The number of anilines is 1. The van der Waals surface area contributed by atoms with Crippen LogP contribution in [0.4, 0.5) is 18.9 Å². The summed E-state index contributed by atoms with van der Waals surface area (Å²) in [6.45, 7) is -0.513. The first-order valence-electron chi connectivity index (χ1n) is 8.99. The summed E-state index contributed by atoms with van der Waals surface area (Å²) in [5, 5.41) is 6.53. The Balaban J connectivity index is 1.87. The Morgan fingerprint density at radius 3 is 2.42 bits per heavy atom. The van der Waals surface area contributed by atoms with Crippen LogP contribution in [-0.4, -0.2) is 29.9 Å². The van der Waals surface area contributed by atoms with E-state index in [2.05, 4.69) is 10.4 Å². The number of nitrogens with zero attached hydrogens (tertiary/aromatic N) is 2. The van der Waals surface area contributed by atoms with Gasteiger partial charge < -0.3 is 14.8 Å². The van der Waals surface area contributed by atoms with Crippen molar-refractivity contribution in [3.8, 4) is 22.8 Å². The van der Waals surface area contributed by atoms with Crippen LogP contribution in [0.1, 0.15) is 5.56 Å². The van der Waals surface area contributed by atoms with Gasteiger partial charge >= 0.3 is 6.18 Å². The highest BCUT2D eigenvalue weighted by molar-refractivity contribution is 5.92. The second kappa shape index (κ2) is 8.90. The van der Waals surface area contributed by atoms with E-state index in [4.69, 9.17) is 9.47 Å². The van der Waals surface area contributed by atoms with E-state index in [-0.39, 0.29) is 11.4 Å². The second-order valence-corrected chi connectivity index (χ2v) is 6.38. The SMILES string of the molecule is COc1ccc(C(F)(F)F)cc1NC(=O)Cn1nc(-c2ccccc2OC)ccc1=O. The lowest BCUT2D eigenvalue weighted by atomic mass is 10.1. The first-order valence-corrected chi connectivity index (χ1v) is 8.99. The molecule has 0 bridgehead atoms. The van der Waals surface area contributed by atoms with Crippen LogP contribution in [0, 0.1) is 0 Å². The third-order valence-corrected chi connectivity index (χ3v) is 4.34. The molecule has 0 unspecified atom stereocenters. The molecule has 1 heterocycles. The zero-order valence-electron chi connectivity index (χ0n) is 16.6.